The van der Waals surface area contributed by atoms with Crippen molar-refractivity contribution < 1.29 is 19.1 Å². The quantitative estimate of drug-likeness (QED) is 0.511. The molecule has 0 fully saturated rings. The average molecular weight is 334 g/mol. The second-order valence-electron chi connectivity index (χ2n) is 7.08. The molecule has 0 bridgehead atoms. The minimum absolute atomic E-state index is 0.0754. The SMILES string of the molecule is C#CCC(C)(C)OCCC(C)(C)NC(=O)CCN1C(=O)C=CC1=O. The molecule has 0 aliphatic carbocycles. The van der Waals surface area contributed by atoms with E-state index in [0.29, 0.717) is 19.4 Å². The first kappa shape index (κ1) is 19.9. The third-order valence-corrected chi connectivity index (χ3v) is 3.69. The number of imide groups is 1. The first-order valence-corrected chi connectivity index (χ1v) is 7.98. The van der Waals surface area contributed by atoms with Gasteiger partial charge >= 0.3 is 0 Å². The van der Waals surface area contributed by atoms with E-state index in [1.165, 1.54) is 12.2 Å². The largest absolute Gasteiger partial charge is 0.374 e. The Morgan fingerprint density at radius 1 is 1.25 bits per heavy atom. The van der Waals surface area contributed by atoms with Gasteiger partial charge in [-0.05, 0) is 34.1 Å². The molecule has 3 amide bonds. The van der Waals surface area contributed by atoms with Crippen molar-refractivity contribution >= 4 is 17.7 Å². The Morgan fingerprint density at radius 2 is 1.83 bits per heavy atom. The van der Waals surface area contributed by atoms with Gasteiger partial charge in [-0.25, -0.2) is 0 Å². The number of nitrogens with zero attached hydrogens (tertiary/aromatic N) is 1. The number of hydrogen-bond acceptors (Lipinski definition) is 4. The van der Waals surface area contributed by atoms with Gasteiger partial charge in [0.2, 0.25) is 5.91 Å². The lowest BCUT2D eigenvalue weighted by molar-refractivity contribution is -0.137. The number of hydrogen-bond donors (Lipinski definition) is 1. The standard InChI is InChI=1S/C18H26N2O4/c1-6-10-18(4,5)24-13-11-17(2,3)19-14(21)9-12-20-15(22)7-8-16(20)23/h1,7-8H,9-13H2,2-5H3,(H,19,21). The van der Waals surface area contributed by atoms with Crippen LogP contribution in [0.3, 0.4) is 0 Å². The monoisotopic (exact) mass is 334 g/mol. The fourth-order valence-corrected chi connectivity index (χ4v) is 2.25. The van der Waals surface area contributed by atoms with Gasteiger partial charge in [-0.1, -0.05) is 0 Å². The van der Waals surface area contributed by atoms with Gasteiger partial charge in [0.15, 0.2) is 0 Å². The highest BCUT2D eigenvalue weighted by atomic mass is 16.5. The highest BCUT2D eigenvalue weighted by Crippen LogP contribution is 2.17. The minimum Gasteiger partial charge on any atom is -0.374 e. The van der Waals surface area contributed by atoms with Gasteiger partial charge in [0.25, 0.3) is 11.8 Å². The summed E-state index contributed by atoms with van der Waals surface area (Å²) >= 11 is 0. The second-order valence-corrected chi connectivity index (χ2v) is 7.08. The summed E-state index contributed by atoms with van der Waals surface area (Å²) in [6, 6.07) is 0. The molecular weight excluding hydrogens is 308 g/mol. The number of amides is 3. The van der Waals surface area contributed by atoms with E-state index in [9.17, 15) is 14.4 Å². The third-order valence-electron chi connectivity index (χ3n) is 3.69. The number of carbonyl (C=O) groups is 3. The zero-order chi connectivity index (χ0) is 18.4. The molecule has 0 aromatic rings. The summed E-state index contributed by atoms with van der Waals surface area (Å²) in [7, 11) is 0. The van der Waals surface area contributed by atoms with Crippen LogP contribution in [0.4, 0.5) is 0 Å². The summed E-state index contributed by atoms with van der Waals surface area (Å²) in [5.74, 6) is 1.61. The smallest absolute Gasteiger partial charge is 0.253 e. The van der Waals surface area contributed by atoms with Crippen LogP contribution in [0.5, 0.6) is 0 Å². The number of carbonyl (C=O) groups excluding carboxylic acids is 3. The fraction of sp³-hybridized carbons (Fsp3) is 0.611. The van der Waals surface area contributed by atoms with Gasteiger partial charge in [0, 0.05) is 43.7 Å². The molecule has 0 radical (unpaired) electrons. The van der Waals surface area contributed by atoms with Crippen LogP contribution in [-0.4, -0.2) is 46.9 Å². The molecule has 0 atom stereocenters. The van der Waals surface area contributed by atoms with Crippen molar-refractivity contribution in [2.75, 3.05) is 13.2 Å². The molecule has 0 saturated heterocycles. The molecule has 1 N–H and O–H groups in total. The van der Waals surface area contributed by atoms with Crippen molar-refractivity contribution in [3.63, 3.8) is 0 Å². The van der Waals surface area contributed by atoms with Crippen molar-refractivity contribution in [3.8, 4) is 12.3 Å². The van der Waals surface area contributed by atoms with Crippen LogP contribution >= 0.6 is 0 Å². The fourth-order valence-electron chi connectivity index (χ4n) is 2.25. The van der Waals surface area contributed by atoms with Gasteiger partial charge in [-0.2, -0.15) is 0 Å². The molecule has 0 unspecified atom stereocenters. The topological polar surface area (TPSA) is 75.7 Å². The van der Waals surface area contributed by atoms with E-state index in [0.717, 1.165) is 4.90 Å². The Kier molecular flexibility index (Phi) is 6.73. The highest BCUT2D eigenvalue weighted by Gasteiger charge is 2.26. The van der Waals surface area contributed by atoms with E-state index in [2.05, 4.69) is 11.2 Å². The number of rotatable bonds is 9. The Labute approximate surface area is 143 Å². The first-order chi connectivity index (χ1) is 11.1. The molecule has 1 heterocycles. The van der Waals surface area contributed by atoms with Gasteiger partial charge < -0.3 is 10.1 Å². The van der Waals surface area contributed by atoms with Crippen molar-refractivity contribution in [2.45, 2.75) is 58.1 Å². The van der Waals surface area contributed by atoms with Gasteiger partial charge in [0.05, 0.1) is 5.60 Å². The van der Waals surface area contributed by atoms with E-state index < -0.39 is 11.1 Å². The molecule has 0 spiro atoms. The van der Waals surface area contributed by atoms with E-state index >= 15 is 0 Å². The van der Waals surface area contributed by atoms with Gasteiger partial charge in [-0.15, -0.1) is 12.3 Å². The van der Waals surface area contributed by atoms with Crippen LogP contribution in [0.2, 0.25) is 0 Å². The van der Waals surface area contributed by atoms with E-state index in [-0.39, 0.29) is 30.7 Å². The minimum atomic E-state index is -0.458. The molecule has 1 rings (SSSR count). The van der Waals surface area contributed by atoms with Gasteiger partial charge in [-0.3, -0.25) is 19.3 Å². The van der Waals surface area contributed by atoms with Crippen LogP contribution in [0.25, 0.3) is 0 Å². The predicted molar refractivity (Wildman–Crippen MR) is 90.8 cm³/mol. The summed E-state index contributed by atoms with van der Waals surface area (Å²) in [5, 5.41) is 2.90. The second kappa shape index (κ2) is 8.11. The van der Waals surface area contributed by atoms with Crippen LogP contribution in [0.1, 0.15) is 47.0 Å². The molecule has 0 aromatic heterocycles. The zero-order valence-electron chi connectivity index (χ0n) is 14.8. The summed E-state index contributed by atoms with van der Waals surface area (Å²) in [5.41, 5.74) is -0.848. The first-order valence-electron chi connectivity index (χ1n) is 7.98. The lowest BCUT2D eigenvalue weighted by atomic mass is 10.00. The normalized spacial score (nSPS) is 14.9. The molecule has 0 saturated carbocycles. The zero-order valence-corrected chi connectivity index (χ0v) is 14.8. The Hall–Kier alpha value is -2.13. The van der Waals surface area contributed by atoms with Gasteiger partial charge in [0.1, 0.15) is 0 Å². The third kappa shape index (κ3) is 6.55. The van der Waals surface area contributed by atoms with E-state index in [1.54, 1.807) is 0 Å². The molecule has 6 heteroatoms. The number of ether oxygens (including phenoxy) is 1. The Balaban J connectivity index is 2.35. The lowest BCUT2D eigenvalue weighted by Crippen LogP contribution is -2.46. The highest BCUT2D eigenvalue weighted by molar-refractivity contribution is 6.13. The predicted octanol–water partition coefficient (Wildman–Crippen LogP) is 1.40. The van der Waals surface area contributed by atoms with Crippen molar-refractivity contribution in [1.82, 2.24) is 10.2 Å². The molecule has 24 heavy (non-hydrogen) atoms. The number of nitrogens with one attached hydrogen (secondary N) is 1. The molecule has 0 aromatic carbocycles. The molecule has 6 nitrogen and oxygen atoms in total. The van der Waals surface area contributed by atoms with Crippen molar-refractivity contribution in [2.24, 2.45) is 0 Å². The van der Waals surface area contributed by atoms with Crippen LogP contribution < -0.4 is 5.32 Å². The summed E-state index contributed by atoms with van der Waals surface area (Å²) in [6.45, 7) is 8.20. The summed E-state index contributed by atoms with van der Waals surface area (Å²) in [6.07, 6.45) is 8.93. The van der Waals surface area contributed by atoms with Crippen molar-refractivity contribution in [1.29, 1.82) is 0 Å². The van der Waals surface area contributed by atoms with Crippen LogP contribution in [0.15, 0.2) is 12.2 Å². The maximum Gasteiger partial charge on any atom is 0.253 e. The molecule has 132 valence electrons. The number of terminal acetylenes is 1. The lowest BCUT2D eigenvalue weighted by Gasteiger charge is -2.29. The molecule has 1 aliphatic heterocycles. The van der Waals surface area contributed by atoms with Crippen LogP contribution in [0, 0.1) is 12.3 Å². The molecule has 1 aliphatic rings. The summed E-state index contributed by atoms with van der Waals surface area (Å²) in [4.78, 5) is 36.0. The maximum atomic E-state index is 12.0. The van der Waals surface area contributed by atoms with E-state index in [4.69, 9.17) is 11.2 Å². The maximum absolute atomic E-state index is 12.0. The van der Waals surface area contributed by atoms with Crippen LogP contribution in [-0.2, 0) is 19.1 Å². The van der Waals surface area contributed by atoms with Crippen molar-refractivity contribution in [3.05, 3.63) is 12.2 Å². The Bertz CT molecular complexity index is 552. The van der Waals surface area contributed by atoms with E-state index in [1.807, 2.05) is 27.7 Å². The molecular formula is C18H26N2O4. The average Bonchev–Trinajstić information content (AvgIpc) is 2.74. The summed E-state index contributed by atoms with van der Waals surface area (Å²) < 4.78 is 5.76. The Morgan fingerprint density at radius 3 is 2.38 bits per heavy atom.